The van der Waals surface area contributed by atoms with Gasteiger partial charge < -0.3 is 19.5 Å². The number of hydrogen-bond acceptors (Lipinski definition) is 4. The predicted molar refractivity (Wildman–Crippen MR) is 101 cm³/mol. The summed E-state index contributed by atoms with van der Waals surface area (Å²) in [6, 6.07) is 11.9. The number of nitrogens with one attached hydrogen (secondary N) is 1. The zero-order chi connectivity index (χ0) is 17.9. The first-order valence-electron chi connectivity index (χ1n) is 8.82. The van der Waals surface area contributed by atoms with Crippen molar-refractivity contribution in [2.75, 3.05) is 31.2 Å². The molecule has 0 aliphatic carbocycles. The number of morpholine rings is 1. The van der Waals surface area contributed by atoms with Gasteiger partial charge in [0.2, 0.25) is 0 Å². The van der Waals surface area contributed by atoms with Crippen molar-refractivity contribution in [1.29, 1.82) is 0 Å². The molecule has 0 bridgehead atoms. The molecule has 0 spiro atoms. The van der Waals surface area contributed by atoms with E-state index in [0.717, 1.165) is 48.6 Å². The van der Waals surface area contributed by atoms with E-state index in [0.29, 0.717) is 12.1 Å². The molecule has 6 nitrogen and oxygen atoms in total. The van der Waals surface area contributed by atoms with Gasteiger partial charge in [0.1, 0.15) is 5.82 Å². The van der Waals surface area contributed by atoms with E-state index in [4.69, 9.17) is 4.74 Å². The summed E-state index contributed by atoms with van der Waals surface area (Å²) in [7, 11) is 1.95. The van der Waals surface area contributed by atoms with E-state index in [-0.39, 0.29) is 5.91 Å². The zero-order valence-electron chi connectivity index (χ0n) is 14.8. The molecule has 6 heteroatoms. The monoisotopic (exact) mass is 350 g/mol. The number of pyridine rings is 1. The summed E-state index contributed by atoms with van der Waals surface area (Å²) in [5.41, 5.74) is 2.73. The Bertz CT molecular complexity index is 911. The quantitative estimate of drug-likeness (QED) is 0.785. The van der Waals surface area contributed by atoms with Crippen LogP contribution in [0.2, 0.25) is 0 Å². The molecule has 0 radical (unpaired) electrons. The van der Waals surface area contributed by atoms with Crippen molar-refractivity contribution in [1.82, 2.24) is 14.9 Å². The molecule has 1 saturated heterocycles. The molecule has 1 N–H and O–H groups in total. The Kier molecular flexibility index (Phi) is 4.58. The number of hydrogen-bond donors (Lipinski definition) is 1. The van der Waals surface area contributed by atoms with Gasteiger partial charge in [-0.1, -0.05) is 24.3 Å². The number of carbonyl (C=O) groups is 1. The number of amides is 1. The minimum Gasteiger partial charge on any atom is -0.378 e. The molecule has 1 amide bonds. The number of anilines is 1. The molecule has 26 heavy (non-hydrogen) atoms. The SMILES string of the molecule is Cn1cc(C(=O)NCc2ccc(N3CCOCC3)nc2)c2ccccc21. The number of carbonyl (C=O) groups excluding carboxylic acids is 1. The van der Waals surface area contributed by atoms with Crippen molar-refractivity contribution in [2.24, 2.45) is 7.05 Å². The molecule has 3 aromatic rings. The maximum Gasteiger partial charge on any atom is 0.253 e. The van der Waals surface area contributed by atoms with Gasteiger partial charge in [0.05, 0.1) is 18.8 Å². The minimum atomic E-state index is -0.0703. The number of benzene rings is 1. The summed E-state index contributed by atoms with van der Waals surface area (Å²) in [6.45, 7) is 3.67. The molecule has 1 aliphatic rings. The van der Waals surface area contributed by atoms with Crippen LogP contribution >= 0.6 is 0 Å². The number of nitrogens with zero attached hydrogens (tertiary/aromatic N) is 3. The lowest BCUT2D eigenvalue weighted by atomic mass is 10.1. The highest BCUT2D eigenvalue weighted by atomic mass is 16.5. The lowest BCUT2D eigenvalue weighted by molar-refractivity contribution is 0.0952. The van der Waals surface area contributed by atoms with Crippen molar-refractivity contribution in [3.63, 3.8) is 0 Å². The number of aryl methyl sites for hydroxylation is 1. The van der Waals surface area contributed by atoms with Crippen molar-refractivity contribution >= 4 is 22.6 Å². The molecule has 4 rings (SSSR count). The normalized spacial score (nSPS) is 14.6. The third-order valence-corrected chi connectivity index (χ3v) is 4.74. The maximum atomic E-state index is 12.6. The van der Waals surface area contributed by atoms with Crippen molar-refractivity contribution < 1.29 is 9.53 Å². The summed E-state index contributed by atoms with van der Waals surface area (Å²) in [5.74, 6) is 0.886. The molecule has 1 fully saturated rings. The summed E-state index contributed by atoms with van der Waals surface area (Å²) in [6.07, 6.45) is 3.70. The van der Waals surface area contributed by atoms with E-state index in [1.54, 1.807) is 0 Å². The van der Waals surface area contributed by atoms with Gasteiger partial charge in [-0.25, -0.2) is 4.98 Å². The van der Waals surface area contributed by atoms with Crippen LogP contribution in [0.4, 0.5) is 5.82 Å². The van der Waals surface area contributed by atoms with Crippen LogP contribution in [0.15, 0.2) is 48.8 Å². The van der Waals surface area contributed by atoms with Crippen LogP contribution in [-0.4, -0.2) is 41.8 Å². The van der Waals surface area contributed by atoms with Crippen LogP contribution in [0.3, 0.4) is 0 Å². The number of para-hydroxylation sites is 1. The smallest absolute Gasteiger partial charge is 0.253 e. The Balaban J connectivity index is 1.42. The van der Waals surface area contributed by atoms with Crippen molar-refractivity contribution in [2.45, 2.75) is 6.54 Å². The Morgan fingerprint density at radius 1 is 1.19 bits per heavy atom. The summed E-state index contributed by atoms with van der Waals surface area (Å²) >= 11 is 0. The van der Waals surface area contributed by atoms with Crippen molar-refractivity contribution in [3.05, 3.63) is 59.9 Å². The second kappa shape index (κ2) is 7.17. The predicted octanol–water partition coefficient (Wildman–Crippen LogP) is 2.34. The van der Waals surface area contributed by atoms with E-state index >= 15 is 0 Å². The number of ether oxygens (including phenoxy) is 1. The Hall–Kier alpha value is -2.86. The Morgan fingerprint density at radius 3 is 2.77 bits per heavy atom. The zero-order valence-corrected chi connectivity index (χ0v) is 14.8. The average Bonchev–Trinajstić information content (AvgIpc) is 3.04. The number of rotatable bonds is 4. The molecule has 0 saturated carbocycles. The number of aromatic nitrogens is 2. The molecule has 3 heterocycles. The first-order valence-corrected chi connectivity index (χ1v) is 8.82. The highest BCUT2D eigenvalue weighted by Gasteiger charge is 2.14. The van der Waals surface area contributed by atoms with Gasteiger partial charge in [0.15, 0.2) is 0 Å². The van der Waals surface area contributed by atoms with Gasteiger partial charge in [-0.05, 0) is 17.7 Å². The average molecular weight is 350 g/mol. The van der Waals surface area contributed by atoms with Crippen LogP contribution in [0, 0.1) is 0 Å². The topological polar surface area (TPSA) is 59.4 Å². The highest BCUT2D eigenvalue weighted by molar-refractivity contribution is 6.06. The third kappa shape index (κ3) is 3.28. The van der Waals surface area contributed by atoms with Crippen LogP contribution in [0.5, 0.6) is 0 Å². The van der Waals surface area contributed by atoms with Gasteiger partial charge in [-0.2, -0.15) is 0 Å². The fourth-order valence-electron chi connectivity index (χ4n) is 3.30. The maximum absolute atomic E-state index is 12.6. The molecule has 2 aromatic heterocycles. The summed E-state index contributed by atoms with van der Waals surface area (Å²) in [5, 5.41) is 3.96. The van der Waals surface area contributed by atoms with Crippen LogP contribution < -0.4 is 10.2 Å². The van der Waals surface area contributed by atoms with E-state index in [1.165, 1.54) is 0 Å². The lowest BCUT2D eigenvalue weighted by Crippen LogP contribution is -2.36. The fourth-order valence-corrected chi connectivity index (χ4v) is 3.30. The minimum absolute atomic E-state index is 0.0703. The van der Waals surface area contributed by atoms with Crippen LogP contribution in [0.1, 0.15) is 15.9 Å². The van der Waals surface area contributed by atoms with Crippen LogP contribution in [0.25, 0.3) is 10.9 Å². The van der Waals surface area contributed by atoms with E-state index in [9.17, 15) is 4.79 Å². The lowest BCUT2D eigenvalue weighted by Gasteiger charge is -2.27. The summed E-state index contributed by atoms with van der Waals surface area (Å²) < 4.78 is 7.34. The molecule has 0 unspecified atom stereocenters. The van der Waals surface area contributed by atoms with Gasteiger partial charge in [0.25, 0.3) is 5.91 Å². The molecule has 1 aliphatic heterocycles. The molecular formula is C20H22N4O2. The first-order chi connectivity index (χ1) is 12.7. The Morgan fingerprint density at radius 2 is 2.00 bits per heavy atom. The molecule has 0 atom stereocenters. The Labute approximate surface area is 152 Å². The molecule has 1 aromatic carbocycles. The largest absolute Gasteiger partial charge is 0.378 e. The van der Waals surface area contributed by atoms with E-state index in [1.807, 2.05) is 60.4 Å². The van der Waals surface area contributed by atoms with E-state index < -0.39 is 0 Å². The highest BCUT2D eigenvalue weighted by Crippen LogP contribution is 2.20. The standard InChI is InChI=1S/C20H22N4O2/c1-23-14-17(16-4-2-3-5-18(16)23)20(25)22-13-15-6-7-19(21-12-15)24-8-10-26-11-9-24/h2-7,12,14H,8-11,13H2,1H3,(H,22,25). The van der Waals surface area contributed by atoms with Gasteiger partial charge in [0, 0.05) is 50.0 Å². The van der Waals surface area contributed by atoms with Crippen molar-refractivity contribution in [3.8, 4) is 0 Å². The third-order valence-electron chi connectivity index (χ3n) is 4.74. The van der Waals surface area contributed by atoms with Crippen LogP contribution in [-0.2, 0) is 18.3 Å². The number of fused-ring (bicyclic) bond motifs is 1. The molecule has 134 valence electrons. The van der Waals surface area contributed by atoms with E-state index in [2.05, 4.69) is 15.2 Å². The second-order valence-electron chi connectivity index (χ2n) is 6.48. The van der Waals surface area contributed by atoms with Gasteiger partial charge >= 0.3 is 0 Å². The summed E-state index contributed by atoms with van der Waals surface area (Å²) in [4.78, 5) is 19.3. The van der Waals surface area contributed by atoms with Gasteiger partial charge in [-0.15, -0.1) is 0 Å². The molecular weight excluding hydrogens is 328 g/mol. The van der Waals surface area contributed by atoms with Gasteiger partial charge in [-0.3, -0.25) is 4.79 Å². The first kappa shape index (κ1) is 16.6. The second-order valence-corrected chi connectivity index (χ2v) is 6.48. The fraction of sp³-hybridized carbons (Fsp3) is 0.300.